The van der Waals surface area contributed by atoms with Gasteiger partial charge in [-0.3, -0.25) is 0 Å². The third-order valence-electron chi connectivity index (χ3n) is 3.56. The molecule has 2 atom stereocenters. The standard InChI is InChI=1S/C17H18ClFO/c1-2-14(13-6-4-3-5-7-13)17(20)11-12-8-9-15(18)16(19)10-12/h3-10,14,17,20H,2,11H2,1H3. The molecule has 0 amide bonds. The van der Waals surface area contributed by atoms with Crippen LogP contribution in [0, 0.1) is 5.82 Å². The summed E-state index contributed by atoms with van der Waals surface area (Å²) in [6, 6.07) is 14.6. The number of benzene rings is 2. The van der Waals surface area contributed by atoms with Gasteiger partial charge in [0.25, 0.3) is 0 Å². The van der Waals surface area contributed by atoms with E-state index >= 15 is 0 Å². The third kappa shape index (κ3) is 3.59. The van der Waals surface area contributed by atoms with E-state index in [9.17, 15) is 9.50 Å². The molecule has 2 unspecified atom stereocenters. The Labute approximate surface area is 124 Å². The molecule has 0 fully saturated rings. The number of hydrogen-bond acceptors (Lipinski definition) is 1. The predicted octanol–water partition coefficient (Wildman–Crippen LogP) is 4.58. The highest BCUT2D eigenvalue weighted by Gasteiger charge is 2.19. The highest BCUT2D eigenvalue weighted by Crippen LogP contribution is 2.26. The minimum Gasteiger partial charge on any atom is -0.392 e. The van der Waals surface area contributed by atoms with Crippen molar-refractivity contribution in [3.05, 3.63) is 70.5 Å². The molecule has 0 spiro atoms. The Kier molecular flexibility index (Phi) is 5.16. The second-order valence-corrected chi connectivity index (χ2v) is 5.35. The Hall–Kier alpha value is -1.38. The average molecular weight is 293 g/mol. The summed E-state index contributed by atoms with van der Waals surface area (Å²) in [6.07, 6.45) is 0.714. The lowest BCUT2D eigenvalue weighted by atomic mass is 9.88. The molecule has 0 saturated carbocycles. The van der Waals surface area contributed by atoms with Gasteiger partial charge in [-0.05, 0) is 36.1 Å². The maximum atomic E-state index is 13.4. The quantitative estimate of drug-likeness (QED) is 0.855. The van der Waals surface area contributed by atoms with Gasteiger partial charge < -0.3 is 5.11 Å². The van der Waals surface area contributed by atoms with Crippen molar-refractivity contribution in [2.75, 3.05) is 0 Å². The van der Waals surface area contributed by atoms with Crippen LogP contribution in [0.3, 0.4) is 0 Å². The normalized spacial score (nSPS) is 14.0. The molecule has 2 aromatic carbocycles. The average Bonchev–Trinajstić information content (AvgIpc) is 2.45. The van der Waals surface area contributed by atoms with Crippen LogP contribution in [-0.4, -0.2) is 11.2 Å². The zero-order valence-corrected chi connectivity index (χ0v) is 12.1. The molecule has 0 saturated heterocycles. The van der Waals surface area contributed by atoms with Crippen LogP contribution in [0.4, 0.5) is 4.39 Å². The minimum absolute atomic E-state index is 0.0509. The minimum atomic E-state index is -0.539. The van der Waals surface area contributed by atoms with Gasteiger partial charge in [0, 0.05) is 5.92 Å². The van der Waals surface area contributed by atoms with Crippen molar-refractivity contribution in [1.82, 2.24) is 0 Å². The molecule has 106 valence electrons. The lowest BCUT2D eigenvalue weighted by Gasteiger charge is -2.22. The van der Waals surface area contributed by atoms with E-state index in [2.05, 4.69) is 0 Å². The van der Waals surface area contributed by atoms with Crippen LogP contribution in [0.5, 0.6) is 0 Å². The molecule has 0 aliphatic rings. The lowest BCUT2D eigenvalue weighted by Crippen LogP contribution is -2.20. The van der Waals surface area contributed by atoms with Crippen LogP contribution in [-0.2, 0) is 6.42 Å². The first-order valence-electron chi connectivity index (χ1n) is 6.78. The van der Waals surface area contributed by atoms with E-state index in [1.165, 1.54) is 12.1 Å². The van der Waals surface area contributed by atoms with Gasteiger partial charge in [-0.1, -0.05) is 54.9 Å². The fraction of sp³-hybridized carbons (Fsp3) is 0.294. The summed E-state index contributed by atoms with van der Waals surface area (Å²) in [5, 5.41) is 10.5. The van der Waals surface area contributed by atoms with Crippen LogP contribution >= 0.6 is 11.6 Å². The van der Waals surface area contributed by atoms with Crippen molar-refractivity contribution in [1.29, 1.82) is 0 Å². The molecular formula is C17H18ClFO. The summed E-state index contributed by atoms with van der Waals surface area (Å²) >= 11 is 5.67. The Bertz CT molecular complexity index is 556. The van der Waals surface area contributed by atoms with E-state index in [0.717, 1.165) is 17.5 Å². The Balaban J connectivity index is 2.13. The topological polar surface area (TPSA) is 20.2 Å². The van der Waals surface area contributed by atoms with E-state index in [1.54, 1.807) is 6.07 Å². The van der Waals surface area contributed by atoms with Crippen molar-refractivity contribution >= 4 is 11.6 Å². The molecule has 0 aromatic heterocycles. The number of hydrogen-bond donors (Lipinski definition) is 1. The Morgan fingerprint density at radius 1 is 1.15 bits per heavy atom. The molecule has 0 heterocycles. The van der Waals surface area contributed by atoms with Crippen molar-refractivity contribution < 1.29 is 9.50 Å². The molecule has 0 bridgehead atoms. The molecular weight excluding hydrogens is 275 g/mol. The maximum Gasteiger partial charge on any atom is 0.142 e. The zero-order valence-electron chi connectivity index (χ0n) is 11.4. The summed E-state index contributed by atoms with van der Waals surface area (Å²) in [4.78, 5) is 0. The van der Waals surface area contributed by atoms with E-state index in [-0.39, 0.29) is 10.9 Å². The van der Waals surface area contributed by atoms with Crippen LogP contribution in [0.2, 0.25) is 5.02 Å². The second kappa shape index (κ2) is 6.87. The third-order valence-corrected chi connectivity index (χ3v) is 3.87. The largest absolute Gasteiger partial charge is 0.392 e. The Morgan fingerprint density at radius 3 is 2.45 bits per heavy atom. The van der Waals surface area contributed by atoms with E-state index in [1.807, 2.05) is 37.3 Å². The van der Waals surface area contributed by atoms with Gasteiger partial charge in [-0.15, -0.1) is 0 Å². The predicted molar refractivity (Wildman–Crippen MR) is 80.6 cm³/mol. The number of aliphatic hydroxyl groups excluding tert-OH is 1. The molecule has 1 nitrogen and oxygen atoms in total. The van der Waals surface area contributed by atoms with Crippen molar-refractivity contribution in [2.24, 2.45) is 0 Å². The van der Waals surface area contributed by atoms with E-state index in [4.69, 9.17) is 11.6 Å². The van der Waals surface area contributed by atoms with Crippen LogP contribution in [0.15, 0.2) is 48.5 Å². The highest BCUT2D eigenvalue weighted by molar-refractivity contribution is 6.30. The summed E-state index contributed by atoms with van der Waals surface area (Å²) in [5.74, 6) is -0.390. The monoisotopic (exact) mass is 292 g/mol. The van der Waals surface area contributed by atoms with Gasteiger partial charge >= 0.3 is 0 Å². The number of rotatable bonds is 5. The van der Waals surface area contributed by atoms with E-state index < -0.39 is 11.9 Å². The smallest absolute Gasteiger partial charge is 0.142 e. The fourth-order valence-corrected chi connectivity index (χ4v) is 2.60. The van der Waals surface area contributed by atoms with Gasteiger partial charge in [-0.2, -0.15) is 0 Å². The van der Waals surface area contributed by atoms with E-state index in [0.29, 0.717) is 6.42 Å². The number of halogens is 2. The molecule has 0 radical (unpaired) electrons. The molecule has 20 heavy (non-hydrogen) atoms. The first-order chi connectivity index (χ1) is 9.61. The van der Waals surface area contributed by atoms with Gasteiger partial charge in [0.15, 0.2) is 0 Å². The van der Waals surface area contributed by atoms with Crippen molar-refractivity contribution in [3.8, 4) is 0 Å². The summed E-state index contributed by atoms with van der Waals surface area (Å²) in [7, 11) is 0. The lowest BCUT2D eigenvalue weighted by molar-refractivity contribution is 0.140. The first-order valence-corrected chi connectivity index (χ1v) is 7.16. The van der Waals surface area contributed by atoms with Crippen LogP contribution in [0.1, 0.15) is 30.4 Å². The van der Waals surface area contributed by atoms with Gasteiger partial charge in [-0.25, -0.2) is 4.39 Å². The molecule has 3 heteroatoms. The van der Waals surface area contributed by atoms with Crippen LogP contribution < -0.4 is 0 Å². The molecule has 0 aliphatic carbocycles. The van der Waals surface area contributed by atoms with Crippen molar-refractivity contribution in [3.63, 3.8) is 0 Å². The summed E-state index contributed by atoms with van der Waals surface area (Å²) < 4.78 is 13.4. The van der Waals surface area contributed by atoms with Gasteiger partial charge in [0.05, 0.1) is 11.1 Å². The number of aliphatic hydroxyl groups is 1. The second-order valence-electron chi connectivity index (χ2n) is 4.95. The first kappa shape index (κ1) is 15.0. The van der Waals surface area contributed by atoms with Crippen molar-refractivity contribution in [2.45, 2.75) is 31.8 Å². The maximum absolute atomic E-state index is 13.4. The SMILES string of the molecule is CCC(c1ccccc1)C(O)Cc1ccc(Cl)c(F)c1. The molecule has 2 aromatic rings. The molecule has 1 N–H and O–H groups in total. The Morgan fingerprint density at radius 2 is 1.85 bits per heavy atom. The summed E-state index contributed by atoms with van der Waals surface area (Å²) in [5.41, 5.74) is 1.87. The zero-order chi connectivity index (χ0) is 14.5. The summed E-state index contributed by atoms with van der Waals surface area (Å²) in [6.45, 7) is 2.04. The highest BCUT2D eigenvalue weighted by atomic mass is 35.5. The van der Waals surface area contributed by atoms with Crippen LogP contribution in [0.25, 0.3) is 0 Å². The molecule has 2 rings (SSSR count). The molecule has 0 aliphatic heterocycles. The fourth-order valence-electron chi connectivity index (χ4n) is 2.48. The van der Waals surface area contributed by atoms with Gasteiger partial charge in [0.1, 0.15) is 5.82 Å². The van der Waals surface area contributed by atoms with Gasteiger partial charge in [0.2, 0.25) is 0 Å².